The molecule has 24 heavy (non-hydrogen) atoms. The van der Waals surface area contributed by atoms with Gasteiger partial charge in [-0.1, -0.05) is 28.9 Å². The molecule has 0 spiro atoms. The van der Waals surface area contributed by atoms with Crippen LogP contribution in [0.5, 0.6) is 0 Å². The van der Waals surface area contributed by atoms with E-state index in [2.05, 4.69) is 37.9 Å². The van der Waals surface area contributed by atoms with Crippen molar-refractivity contribution in [1.82, 2.24) is 20.8 Å². The van der Waals surface area contributed by atoms with Crippen molar-refractivity contribution in [2.45, 2.75) is 38.6 Å². The van der Waals surface area contributed by atoms with E-state index >= 15 is 0 Å². The maximum atomic E-state index is 6.13. The summed E-state index contributed by atoms with van der Waals surface area (Å²) in [6.45, 7) is 5.81. The van der Waals surface area contributed by atoms with E-state index in [1.807, 2.05) is 19.1 Å². The molecule has 1 aromatic heterocycles. The van der Waals surface area contributed by atoms with E-state index in [1.165, 1.54) is 5.56 Å². The monoisotopic (exact) mass is 347 g/mol. The van der Waals surface area contributed by atoms with Gasteiger partial charge >= 0.3 is 0 Å². The molecule has 1 aliphatic carbocycles. The Bertz CT molecular complexity index is 723. The van der Waals surface area contributed by atoms with Crippen molar-refractivity contribution in [2.24, 2.45) is 4.99 Å². The summed E-state index contributed by atoms with van der Waals surface area (Å²) in [6.07, 6.45) is 2.31. The van der Waals surface area contributed by atoms with Crippen LogP contribution in [-0.4, -0.2) is 29.2 Å². The molecule has 1 heterocycles. The molecule has 1 fully saturated rings. The number of nitrogens with zero attached hydrogens (tertiary/aromatic N) is 3. The normalized spacial score (nSPS) is 16.0. The van der Waals surface area contributed by atoms with E-state index in [1.54, 1.807) is 6.92 Å². The van der Waals surface area contributed by atoms with Gasteiger partial charge in [-0.3, -0.25) is 0 Å². The largest absolute Gasteiger partial charge is 0.357 e. The minimum atomic E-state index is 0.157. The average Bonchev–Trinajstić information content (AvgIpc) is 3.25. The van der Waals surface area contributed by atoms with Gasteiger partial charge in [0.15, 0.2) is 11.8 Å². The number of aliphatic imine (C=N–C) groups is 1. The topological polar surface area (TPSA) is 75.3 Å². The molecular weight excluding hydrogens is 326 g/mol. The van der Waals surface area contributed by atoms with Crippen LogP contribution in [0.1, 0.15) is 37.0 Å². The predicted molar refractivity (Wildman–Crippen MR) is 94.2 cm³/mol. The number of halogens is 1. The van der Waals surface area contributed by atoms with Crippen LogP contribution in [0, 0.1) is 6.92 Å². The maximum Gasteiger partial charge on any atom is 0.223 e. The molecule has 0 unspecified atom stereocenters. The first-order chi connectivity index (χ1) is 11.6. The van der Waals surface area contributed by atoms with E-state index in [0.717, 1.165) is 36.9 Å². The second-order valence-electron chi connectivity index (χ2n) is 6.07. The van der Waals surface area contributed by atoms with E-state index in [-0.39, 0.29) is 5.41 Å². The number of aromatic nitrogens is 2. The lowest BCUT2D eigenvalue weighted by Gasteiger charge is -2.19. The molecule has 0 bridgehead atoms. The highest BCUT2D eigenvalue weighted by Crippen LogP contribution is 2.48. The van der Waals surface area contributed by atoms with Gasteiger partial charge in [0, 0.05) is 30.5 Å². The summed E-state index contributed by atoms with van der Waals surface area (Å²) >= 11 is 6.13. The predicted octanol–water partition coefficient (Wildman–Crippen LogP) is 2.82. The number of nitrogens with one attached hydrogen (secondary N) is 2. The second-order valence-corrected chi connectivity index (χ2v) is 6.51. The molecular formula is C17H22ClN5O. The Morgan fingerprint density at radius 2 is 2.21 bits per heavy atom. The highest BCUT2D eigenvalue weighted by molar-refractivity contribution is 6.30. The second kappa shape index (κ2) is 7.21. The van der Waals surface area contributed by atoms with Crippen LogP contribution >= 0.6 is 11.6 Å². The van der Waals surface area contributed by atoms with E-state index in [9.17, 15) is 0 Å². The summed E-state index contributed by atoms with van der Waals surface area (Å²) in [5, 5.41) is 11.3. The smallest absolute Gasteiger partial charge is 0.223 e. The number of benzene rings is 1. The molecule has 2 aromatic rings. The van der Waals surface area contributed by atoms with Crippen molar-refractivity contribution in [1.29, 1.82) is 0 Å². The minimum absolute atomic E-state index is 0.157. The molecule has 0 atom stereocenters. The maximum absolute atomic E-state index is 6.13. The Kier molecular flexibility index (Phi) is 5.04. The third-order valence-corrected chi connectivity index (χ3v) is 4.41. The molecule has 2 N–H and O–H groups in total. The van der Waals surface area contributed by atoms with Crippen molar-refractivity contribution in [2.75, 3.05) is 13.1 Å². The summed E-state index contributed by atoms with van der Waals surface area (Å²) in [6, 6.07) is 8.12. The molecule has 1 aliphatic rings. The lowest BCUT2D eigenvalue weighted by molar-refractivity contribution is 0.387. The highest BCUT2D eigenvalue weighted by Gasteiger charge is 2.44. The third kappa shape index (κ3) is 4.06. The highest BCUT2D eigenvalue weighted by atomic mass is 35.5. The zero-order valence-electron chi connectivity index (χ0n) is 14.0. The summed E-state index contributed by atoms with van der Waals surface area (Å²) in [5.74, 6) is 1.89. The van der Waals surface area contributed by atoms with Gasteiger partial charge in [-0.05, 0) is 37.5 Å². The van der Waals surface area contributed by atoms with Crippen molar-refractivity contribution in [3.63, 3.8) is 0 Å². The van der Waals surface area contributed by atoms with E-state index in [0.29, 0.717) is 18.3 Å². The lowest BCUT2D eigenvalue weighted by Crippen LogP contribution is -2.41. The van der Waals surface area contributed by atoms with Gasteiger partial charge in [0.25, 0.3) is 0 Å². The van der Waals surface area contributed by atoms with E-state index in [4.69, 9.17) is 16.1 Å². The molecule has 1 saturated carbocycles. The Morgan fingerprint density at radius 1 is 1.38 bits per heavy atom. The van der Waals surface area contributed by atoms with Gasteiger partial charge in [-0.25, -0.2) is 4.99 Å². The van der Waals surface area contributed by atoms with Crippen molar-refractivity contribution < 1.29 is 4.52 Å². The van der Waals surface area contributed by atoms with Gasteiger partial charge in [-0.2, -0.15) is 4.98 Å². The zero-order chi connectivity index (χ0) is 17.0. The minimum Gasteiger partial charge on any atom is -0.357 e. The molecule has 128 valence electrons. The van der Waals surface area contributed by atoms with E-state index < -0.39 is 0 Å². The quantitative estimate of drug-likeness (QED) is 0.620. The molecule has 0 radical (unpaired) electrons. The van der Waals surface area contributed by atoms with Crippen LogP contribution in [0.15, 0.2) is 33.8 Å². The van der Waals surface area contributed by atoms with Crippen LogP contribution < -0.4 is 10.6 Å². The molecule has 0 aliphatic heterocycles. The van der Waals surface area contributed by atoms with Crippen LogP contribution in [0.3, 0.4) is 0 Å². The van der Waals surface area contributed by atoms with Crippen LogP contribution in [-0.2, 0) is 12.0 Å². The van der Waals surface area contributed by atoms with Gasteiger partial charge in [0.05, 0.1) is 0 Å². The lowest BCUT2D eigenvalue weighted by atomic mass is 9.96. The van der Waals surface area contributed by atoms with Crippen LogP contribution in [0.2, 0.25) is 5.02 Å². The van der Waals surface area contributed by atoms with Gasteiger partial charge in [0.1, 0.15) is 6.54 Å². The zero-order valence-corrected chi connectivity index (χ0v) is 14.7. The summed E-state index contributed by atoms with van der Waals surface area (Å²) in [4.78, 5) is 8.69. The molecule has 0 amide bonds. The van der Waals surface area contributed by atoms with Crippen molar-refractivity contribution in [3.05, 3.63) is 46.6 Å². The fourth-order valence-electron chi connectivity index (χ4n) is 2.69. The average molecular weight is 348 g/mol. The Balaban J connectivity index is 1.63. The number of hydrogen-bond donors (Lipinski definition) is 2. The number of guanidine groups is 1. The van der Waals surface area contributed by atoms with Crippen molar-refractivity contribution in [3.8, 4) is 0 Å². The summed E-state index contributed by atoms with van der Waals surface area (Å²) < 4.78 is 4.97. The molecule has 7 heteroatoms. The fourth-order valence-corrected chi connectivity index (χ4v) is 2.88. The Morgan fingerprint density at radius 3 is 2.83 bits per heavy atom. The Hall–Kier alpha value is -2.08. The first-order valence-corrected chi connectivity index (χ1v) is 8.56. The Labute approximate surface area is 146 Å². The van der Waals surface area contributed by atoms with Crippen molar-refractivity contribution >= 4 is 17.6 Å². The molecule has 6 nitrogen and oxygen atoms in total. The third-order valence-electron chi connectivity index (χ3n) is 4.18. The first kappa shape index (κ1) is 16.8. The van der Waals surface area contributed by atoms with Crippen LogP contribution in [0.4, 0.5) is 0 Å². The number of rotatable bonds is 6. The summed E-state index contributed by atoms with van der Waals surface area (Å²) in [7, 11) is 0. The SMILES string of the molecule is CCNC(=NCc1noc(C)n1)NCC1(c2cccc(Cl)c2)CC1. The van der Waals surface area contributed by atoms with Gasteiger partial charge in [-0.15, -0.1) is 0 Å². The van der Waals surface area contributed by atoms with Gasteiger partial charge in [0.2, 0.25) is 5.89 Å². The number of aryl methyl sites for hydroxylation is 1. The molecule has 0 saturated heterocycles. The molecule has 1 aromatic carbocycles. The number of hydrogen-bond acceptors (Lipinski definition) is 4. The fraction of sp³-hybridized carbons (Fsp3) is 0.471. The van der Waals surface area contributed by atoms with Crippen LogP contribution in [0.25, 0.3) is 0 Å². The summed E-state index contributed by atoms with van der Waals surface area (Å²) in [5.41, 5.74) is 1.44. The first-order valence-electron chi connectivity index (χ1n) is 8.19. The van der Waals surface area contributed by atoms with Gasteiger partial charge < -0.3 is 15.2 Å². The standard InChI is InChI=1S/C17H22ClN5O/c1-3-19-16(20-10-15-22-12(2)24-23-15)21-11-17(7-8-17)13-5-4-6-14(18)9-13/h4-6,9H,3,7-8,10-11H2,1-2H3,(H2,19,20,21). The molecule has 3 rings (SSSR count).